The largest absolute Gasteiger partial charge is 0.369 e. The normalized spacial score (nSPS) is 11.5. The molecule has 108 valence electrons. The van der Waals surface area contributed by atoms with E-state index < -0.39 is 0 Å². The van der Waals surface area contributed by atoms with Crippen molar-refractivity contribution in [2.45, 2.75) is 19.8 Å². The van der Waals surface area contributed by atoms with Crippen LogP contribution in [-0.2, 0) is 0 Å². The van der Waals surface area contributed by atoms with Crippen molar-refractivity contribution < 1.29 is 0 Å². The molecule has 0 saturated heterocycles. The molecule has 0 amide bonds. The molecule has 1 aromatic carbocycles. The van der Waals surface area contributed by atoms with Crippen LogP contribution in [0.3, 0.4) is 0 Å². The zero-order chi connectivity index (χ0) is 15.2. The first kappa shape index (κ1) is 14.6. The van der Waals surface area contributed by atoms with Gasteiger partial charge in [-0.25, -0.2) is 0 Å². The average molecular weight is 282 g/mol. The number of nitrogens with zero attached hydrogens (tertiary/aromatic N) is 4. The molecule has 6 heteroatoms. The van der Waals surface area contributed by atoms with Crippen LogP contribution in [0.5, 0.6) is 0 Å². The van der Waals surface area contributed by atoms with Gasteiger partial charge in [-0.1, -0.05) is 38.1 Å². The lowest BCUT2D eigenvalue weighted by Gasteiger charge is -2.08. The van der Waals surface area contributed by atoms with E-state index in [0.717, 1.165) is 5.56 Å². The topological polar surface area (TPSA) is 103 Å². The lowest BCUT2D eigenvalue weighted by Crippen LogP contribution is -2.22. The van der Waals surface area contributed by atoms with Crippen molar-refractivity contribution in [1.82, 2.24) is 9.97 Å². The summed E-state index contributed by atoms with van der Waals surface area (Å²) in [5, 5.41) is 7.82. The highest BCUT2D eigenvalue weighted by atomic mass is 15.3. The lowest BCUT2D eigenvalue weighted by molar-refractivity contribution is 0.866. The fourth-order valence-corrected chi connectivity index (χ4v) is 1.81. The highest BCUT2D eigenvalue weighted by molar-refractivity contribution is 6.11. The molecule has 1 heterocycles. The molecule has 0 spiro atoms. The minimum absolute atomic E-state index is 0.102. The summed E-state index contributed by atoms with van der Waals surface area (Å²) in [5.41, 5.74) is 14.0. The van der Waals surface area contributed by atoms with Crippen LogP contribution in [0.25, 0.3) is 0 Å². The van der Waals surface area contributed by atoms with Crippen molar-refractivity contribution in [3.8, 4) is 0 Å². The van der Waals surface area contributed by atoms with Crippen LogP contribution in [0, 0.1) is 0 Å². The Morgan fingerprint density at radius 2 is 1.76 bits per heavy atom. The molecule has 0 fully saturated rings. The first-order valence-corrected chi connectivity index (χ1v) is 6.61. The Bertz CT molecular complexity index is 640. The van der Waals surface area contributed by atoms with Crippen LogP contribution in [0.4, 0.5) is 0 Å². The van der Waals surface area contributed by atoms with E-state index in [1.165, 1.54) is 5.56 Å². The van der Waals surface area contributed by atoms with Gasteiger partial charge in [0.2, 0.25) is 5.96 Å². The van der Waals surface area contributed by atoms with Crippen molar-refractivity contribution in [3.05, 3.63) is 59.7 Å². The van der Waals surface area contributed by atoms with Gasteiger partial charge >= 0.3 is 0 Å². The third-order valence-corrected chi connectivity index (χ3v) is 2.92. The third-order valence-electron chi connectivity index (χ3n) is 2.92. The summed E-state index contributed by atoms with van der Waals surface area (Å²) in [6, 6.07) is 8.07. The van der Waals surface area contributed by atoms with Crippen molar-refractivity contribution in [2.24, 2.45) is 21.7 Å². The second-order valence-electron chi connectivity index (χ2n) is 4.84. The second-order valence-corrected chi connectivity index (χ2v) is 4.84. The second kappa shape index (κ2) is 6.60. The Hall–Kier alpha value is -2.76. The summed E-state index contributed by atoms with van der Waals surface area (Å²) in [5.74, 6) is 0.365. The SMILES string of the molecule is CC(C)c1ccc(C(=NN=C(N)N)c2cnccn2)cc1. The number of nitrogens with two attached hydrogens (primary N) is 2. The Balaban J connectivity index is 2.45. The van der Waals surface area contributed by atoms with Crippen molar-refractivity contribution >= 4 is 11.7 Å². The van der Waals surface area contributed by atoms with Gasteiger partial charge in [0.05, 0.1) is 6.20 Å². The number of rotatable bonds is 4. The van der Waals surface area contributed by atoms with Crippen LogP contribution in [-0.4, -0.2) is 21.6 Å². The molecule has 0 aliphatic carbocycles. The molecule has 0 unspecified atom stereocenters. The first-order chi connectivity index (χ1) is 10.1. The standard InChI is InChI=1S/C15H18N6/c1-10(2)11-3-5-12(6-4-11)14(20-21-15(16)17)13-9-18-7-8-19-13/h3-10H,1-2H3,(H4,16,17,21). The summed E-state index contributed by atoms with van der Waals surface area (Å²) in [4.78, 5) is 8.30. The molecule has 6 nitrogen and oxygen atoms in total. The summed E-state index contributed by atoms with van der Waals surface area (Å²) in [7, 11) is 0. The van der Waals surface area contributed by atoms with E-state index in [9.17, 15) is 0 Å². The highest BCUT2D eigenvalue weighted by Crippen LogP contribution is 2.16. The van der Waals surface area contributed by atoms with E-state index in [2.05, 4.69) is 46.2 Å². The van der Waals surface area contributed by atoms with Gasteiger partial charge in [0.1, 0.15) is 11.4 Å². The molecule has 0 atom stereocenters. The fourth-order valence-electron chi connectivity index (χ4n) is 1.81. The summed E-state index contributed by atoms with van der Waals surface area (Å²) < 4.78 is 0. The predicted molar refractivity (Wildman–Crippen MR) is 84.0 cm³/mol. The van der Waals surface area contributed by atoms with Gasteiger partial charge in [0, 0.05) is 18.0 Å². The van der Waals surface area contributed by atoms with Crippen LogP contribution in [0.1, 0.15) is 36.6 Å². The first-order valence-electron chi connectivity index (χ1n) is 6.61. The van der Waals surface area contributed by atoms with Crippen LogP contribution in [0.15, 0.2) is 53.1 Å². The van der Waals surface area contributed by atoms with Crippen molar-refractivity contribution in [3.63, 3.8) is 0 Å². The van der Waals surface area contributed by atoms with E-state index in [1.807, 2.05) is 12.1 Å². The van der Waals surface area contributed by atoms with Gasteiger partial charge in [0.15, 0.2) is 0 Å². The van der Waals surface area contributed by atoms with Gasteiger partial charge in [-0.05, 0) is 11.5 Å². The Kier molecular flexibility index (Phi) is 4.61. The van der Waals surface area contributed by atoms with E-state index in [1.54, 1.807) is 18.6 Å². The average Bonchev–Trinajstić information content (AvgIpc) is 2.49. The molecular formula is C15H18N6. The van der Waals surface area contributed by atoms with E-state index in [4.69, 9.17) is 11.5 Å². The zero-order valence-corrected chi connectivity index (χ0v) is 12.1. The van der Waals surface area contributed by atoms with E-state index in [0.29, 0.717) is 17.3 Å². The third kappa shape index (κ3) is 3.85. The lowest BCUT2D eigenvalue weighted by atomic mass is 9.99. The Labute approximate surface area is 123 Å². The number of hydrogen-bond donors (Lipinski definition) is 2. The number of aromatic nitrogens is 2. The minimum Gasteiger partial charge on any atom is -0.369 e. The summed E-state index contributed by atoms with van der Waals surface area (Å²) in [6.07, 6.45) is 4.82. The molecule has 2 aromatic rings. The smallest absolute Gasteiger partial charge is 0.211 e. The van der Waals surface area contributed by atoms with Gasteiger partial charge in [0.25, 0.3) is 0 Å². The number of hydrogen-bond acceptors (Lipinski definition) is 4. The molecule has 21 heavy (non-hydrogen) atoms. The summed E-state index contributed by atoms with van der Waals surface area (Å²) in [6.45, 7) is 4.29. The monoisotopic (exact) mass is 282 g/mol. The van der Waals surface area contributed by atoms with Gasteiger partial charge in [-0.3, -0.25) is 9.97 Å². The number of guanidine groups is 1. The van der Waals surface area contributed by atoms with Crippen molar-refractivity contribution in [1.29, 1.82) is 0 Å². The molecular weight excluding hydrogens is 264 g/mol. The molecule has 0 bridgehead atoms. The molecule has 1 aromatic heterocycles. The van der Waals surface area contributed by atoms with E-state index >= 15 is 0 Å². The van der Waals surface area contributed by atoms with Crippen LogP contribution >= 0.6 is 0 Å². The van der Waals surface area contributed by atoms with Crippen LogP contribution in [0.2, 0.25) is 0 Å². The van der Waals surface area contributed by atoms with Gasteiger partial charge < -0.3 is 11.5 Å². The summed E-state index contributed by atoms with van der Waals surface area (Å²) >= 11 is 0. The quantitative estimate of drug-likeness (QED) is 0.505. The molecule has 0 aliphatic rings. The minimum atomic E-state index is -0.102. The predicted octanol–water partition coefficient (Wildman–Crippen LogP) is 1.63. The van der Waals surface area contributed by atoms with Gasteiger partial charge in [-0.15, -0.1) is 10.2 Å². The molecule has 0 saturated carbocycles. The maximum absolute atomic E-state index is 5.35. The highest BCUT2D eigenvalue weighted by Gasteiger charge is 2.09. The molecule has 0 aliphatic heterocycles. The molecule has 4 N–H and O–H groups in total. The van der Waals surface area contributed by atoms with Gasteiger partial charge in [-0.2, -0.15) is 0 Å². The maximum atomic E-state index is 5.35. The van der Waals surface area contributed by atoms with E-state index in [-0.39, 0.29) is 5.96 Å². The Morgan fingerprint density at radius 1 is 1.05 bits per heavy atom. The fraction of sp³-hybridized carbons (Fsp3) is 0.200. The molecule has 2 rings (SSSR count). The van der Waals surface area contributed by atoms with Crippen LogP contribution < -0.4 is 11.5 Å². The maximum Gasteiger partial charge on any atom is 0.211 e. The zero-order valence-electron chi connectivity index (χ0n) is 12.1. The number of benzene rings is 1. The van der Waals surface area contributed by atoms with Crippen molar-refractivity contribution in [2.75, 3.05) is 0 Å². The molecule has 0 radical (unpaired) electrons. The Morgan fingerprint density at radius 3 is 2.29 bits per heavy atom.